The van der Waals surface area contributed by atoms with Crippen molar-refractivity contribution in [1.82, 2.24) is 15.1 Å². The van der Waals surface area contributed by atoms with Crippen molar-refractivity contribution in [3.8, 4) is 11.5 Å². The molecule has 1 aliphatic heterocycles. The monoisotopic (exact) mass is 462 g/mol. The van der Waals surface area contributed by atoms with E-state index >= 15 is 0 Å². The van der Waals surface area contributed by atoms with Gasteiger partial charge in [0.2, 0.25) is 11.8 Å². The fraction of sp³-hybridized carbons (Fsp3) is 0.444. The van der Waals surface area contributed by atoms with Crippen molar-refractivity contribution in [2.45, 2.75) is 44.1 Å². The molecule has 2 fully saturated rings. The van der Waals surface area contributed by atoms with Crippen LogP contribution in [-0.4, -0.2) is 54.1 Å². The molecule has 178 valence electrons. The molecule has 0 bridgehead atoms. The van der Waals surface area contributed by atoms with Crippen LogP contribution in [0.3, 0.4) is 0 Å². The lowest BCUT2D eigenvalue weighted by atomic mass is 9.78. The highest BCUT2D eigenvalue weighted by Gasteiger charge is 2.30. The number of carbonyl (C=O) groups is 1. The van der Waals surface area contributed by atoms with E-state index in [-0.39, 0.29) is 23.4 Å². The van der Waals surface area contributed by atoms with Crippen LogP contribution in [0.1, 0.15) is 54.3 Å². The highest BCUT2D eigenvalue weighted by molar-refractivity contribution is 5.97. The van der Waals surface area contributed by atoms with Gasteiger partial charge < -0.3 is 14.2 Å². The van der Waals surface area contributed by atoms with Crippen molar-refractivity contribution in [2.75, 3.05) is 32.1 Å². The predicted octanol–water partition coefficient (Wildman–Crippen LogP) is 5.17. The Morgan fingerprint density at radius 3 is 2.32 bits per heavy atom. The fourth-order valence-electron chi connectivity index (χ4n) is 5.18. The lowest BCUT2D eigenvalue weighted by Crippen LogP contribution is -2.31. The largest absolute Gasteiger partial charge is 0.420 e. The molecular weight excluding hydrogens is 431 g/mol. The molecule has 2 aliphatic rings. The number of ketones is 1. The first-order chi connectivity index (χ1) is 16.5. The Morgan fingerprint density at radius 2 is 1.68 bits per heavy atom. The molecule has 6 nitrogen and oxygen atoms in total. The third-order valence-corrected chi connectivity index (χ3v) is 7.39. The minimum atomic E-state index is -0.323. The first kappa shape index (κ1) is 22.7. The summed E-state index contributed by atoms with van der Waals surface area (Å²) >= 11 is 0. The van der Waals surface area contributed by atoms with Gasteiger partial charge in [0.15, 0.2) is 5.78 Å². The molecule has 0 spiro atoms. The maximum absolute atomic E-state index is 13.1. The summed E-state index contributed by atoms with van der Waals surface area (Å²) in [6.45, 7) is 2.11. The third-order valence-electron chi connectivity index (χ3n) is 7.39. The van der Waals surface area contributed by atoms with Gasteiger partial charge in [-0.25, -0.2) is 4.39 Å². The zero-order valence-corrected chi connectivity index (χ0v) is 19.8. The van der Waals surface area contributed by atoms with Gasteiger partial charge in [-0.05, 0) is 94.7 Å². The van der Waals surface area contributed by atoms with Crippen LogP contribution in [0.5, 0.6) is 0 Å². The number of nitrogens with zero attached hydrogens (tertiary/aromatic N) is 4. The smallest absolute Gasteiger partial charge is 0.247 e. The lowest BCUT2D eigenvalue weighted by Gasteiger charge is -2.25. The molecule has 1 atom stereocenters. The first-order valence-corrected chi connectivity index (χ1v) is 12.1. The summed E-state index contributed by atoms with van der Waals surface area (Å²) in [5.41, 5.74) is 2.72. The van der Waals surface area contributed by atoms with Crippen molar-refractivity contribution in [1.29, 1.82) is 0 Å². The molecular formula is C27H31FN4O2. The molecule has 5 rings (SSSR count). The van der Waals surface area contributed by atoms with Crippen LogP contribution in [0.25, 0.3) is 11.5 Å². The minimum Gasteiger partial charge on any atom is -0.420 e. The Morgan fingerprint density at radius 1 is 0.971 bits per heavy atom. The van der Waals surface area contributed by atoms with Gasteiger partial charge in [-0.2, -0.15) is 0 Å². The van der Waals surface area contributed by atoms with E-state index in [1.807, 2.05) is 12.1 Å². The van der Waals surface area contributed by atoms with Crippen molar-refractivity contribution in [3.05, 3.63) is 65.8 Å². The van der Waals surface area contributed by atoms with Gasteiger partial charge in [0.1, 0.15) is 5.82 Å². The average molecular weight is 463 g/mol. The van der Waals surface area contributed by atoms with E-state index in [1.165, 1.54) is 24.2 Å². The molecule has 34 heavy (non-hydrogen) atoms. The van der Waals surface area contributed by atoms with Gasteiger partial charge in [-0.3, -0.25) is 4.79 Å². The van der Waals surface area contributed by atoms with Crippen LogP contribution in [0.2, 0.25) is 0 Å². The molecule has 7 heteroatoms. The molecule has 0 amide bonds. The van der Waals surface area contributed by atoms with Crippen molar-refractivity contribution in [3.63, 3.8) is 0 Å². The normalized spacial score (nSPS) is 22.9. The molecule has 1 aliphatic carbocycles. The number of anilines is 1. The van der Waals surface area contributed by atoms with Gasteiger partial charge in [0.25, 0.3) is 0 Å². The summed E-state index contributed by atoms with van der Waals surface area (Å²) in [4.78, 5) is 17.4. The number of hydrogen-bond acceptors (Lipinski definition) is 6. The predicted molar refractivity (Wildman–Crippen MR) is 129 cm³/mol. The Labute approximate surface area is 199 Å². The lowest BCUT2D eigenvalue weighted by molar-refractivity contribution is 0.0880. The molecule has 0 radical (unpaired) electrons. The zero-order chi connectivity index (χ0) is 23.7. The maximum atomic E-state index is 13.1. The standard InChI is InChI=1S/C27H31FN4O2/c1-31(2)24-15-16-32(17-24)23-13-9-21(10-14-23)27-30-29-26(34-27)20-5-3-18(4-6-20)25(33)19-7-11-22(28)12-8-19/h7-14,18,20,24H,3-6,15-17H2,1-2H3. The van der Waals surface area contributed by atoms with Gasteiger partial charge in [0, 0.05) is 47.8 Å². The minimum absolute atomic E-state index is 0.0330. The SMILES string of the molecule is CN(C)C1CCN(c2ccc(-c3nnc(C4CCC(C(=O)c5ccc(F)cc5)CC4)o3)cc2)C1. The zero-order valence-electron chi connectivity index (χ0n) is 19.8. The summed E-state index contributed by atoms with van der Waals surface area (Å²) < 4.78 is 19.2. The van der Waals surface area contributed by atoms with E-state index in [1.54, 1.807) is 12.1 Å². The fourth-order valence-corrected chi connectivity index (χ4v) is 5.18. The van der Waals surface area contributed by atoms with E-state index in [0.29, 0.717) is 23.4 Å². The molecule has 1 saturated carbocycles. The van der Waals surface area contributed by atoms with E-state index in [4.69, 9.17) is 4.42 Å². The van der Waals surface area contributed by atoms with E-state index in [0.717, 1.165) is 44.3 Å². The average Bonchev–Trinajstić information content (AvgIpc) is 3.55. The van der Waals surface area contributed by atoms with Crippen molar-refractivity contribution < 1.29 is 13.6 Å². The molecule has 1 aromatic heterocycles. The highest BCUT2D eigenvalue weighted by Crippen LogP contribution is 2.37. The van der Waals surface area contributed by atoms with Gasteiger partial charge in [-0.1, -0.05) is 0 Å². The quantitative estimate of drug-likeness (QED) is 0.471. The maximum Gasteiger partial charge on any atom is 0.247 e. The van der Waals surface area contributed by atoms with E-state index < -0.39 is 0 Å². The summed E-state index contributed by atoms with van der Waals surface area (Å²) in [5.74, 6) is 1.11. The Balaban J connectivity index is 1.18. The van der Waals surface area contributed by atoms with Gasteiger partial charge in [-0.15, -0.1) is 10.2 Å². The highest BCUT2D eigenvalue weighted by atomic mass is 19.1. The summed E-state index contributed by atoms with van der Waals surface area (Å²) in [5, 5.41) is 8.62. The molecule has 1 unspecified atom stereocenters. The van der Waals surface area contributed by atoms with Crippen LogP contribution < -0.4 is 4.90 Å². The van der Waals surface area contributed by atoms with Crippen LogP contribution in [0.4, 0.5) is 10.1 Å². The Hall–Kier alpha value is -3.06. The first-order valence-electron chi connectivity index (χ1n) is 12.1. The number of rotatable bonds is 6. The second-order valence-electron chi connectivity index (χ2n) is 9.76. The van der Waals surface area contributed by atoms with Crippen LogP contribution in [-0.2, 0) is 0 Å². The van der Waals surface area contributed by atoms with Crippen LogP contribution >= 0.6 is 0 Å². The van der Waals surface area contributed by atoms with Gasteiger partial charge in [0.05, 0.1) is 0 Å². The summed E-state index contributed by atoms with van der Waals surface area (Å²) in [6.07, 6.45) is 4.40. The number of carbonyl (C=O) groups excluding carboxylic acids is 1. The number of halogens is 1. The third kappa shape index (κ3) is 4.75. The number of benzene rings is 2. The van der Waals surface area contributed by atoms with Crippen molar-refractivity contribution >= 4 is 11.5 Å². The Bertz CT molecular complexity index is 1120. The molecule has 2 heterocycles. The number of aromatic nitrogens is 2. The molecule has 2 aromatic carbocycles. The van der Waals surface area contributed by atoms with Gasteiger partial charge >= 0.3 is 0 Å². The summed E-state index contributed by atoms with van der Waals surface area (Å²) in [6, 6.07) is 14.8. The molecule has 0 N–H and O–H groups in total. The van der Waals surface area contributed by atoms with E-state index in [2.05, 4.69) is 46.2 Å². The summed E-state index contributed by atoms with van der Waals surface area (Å²) in [7, 11) is 4.28. The van der Waals surface area contributed by atoms with Crippen LogP contribution in [0.15, 0.2) is 52.9 Å². The van der Waals surface area contributed by atoms with E-state index in [9.17, 15) is 9.18 Å². The molecule has 1 saturated heterocycles. The number of likely N-dealkylation sites (N-methyl/N-ethyl adjacent to an activating group) is 1. The second kappa shape index (κ2) is 9.66. The second-order valence-corrected chi connectivity index (χ2v) is 9.76. The Kier molecular flexibility index (Phi) is 6.46. The van der Waals surface area contributed by atoms with Crippen molar-refractivity contribution in [2.24, 2.45) is 5.92 Å². The number of hydrogen-bond donors (Lipinski definition) is 0. The van der Waals surface area contributed by atoms with Crippen LogP contribution in [0, 0.1) is 11.7 Å². The topological polar surface area (TPSA) is 62.5 Å². The number of Topliss-reactive ketones (excluding diaryl/α,β-unsaturated/α-hetero) is 1. The molecule has 3 aromatic rings.